The first kappa shape index (κ1) is 15.1. The Bertz CT molecular complexity index is 464. The third-order valence-electron chi connectivity index (χ3n) is 5.48. The Morgan fingerprint density at radius 3 is 2.71 bits per heavy atom. The fraction of sp³-hybridized carbons (Fsp3) is 0.684. The number of ether oxygens (including phenoxy) is 1. The Hall–Kier alpha value is -0.860. The molecule has 2 nitrogen and oxygen atoms in total. The van der Waals surface area contributed by atoms with Crippen LogP contribution in [0.2, 0.25) is 0 Å². The first-order chi connectivity index (χ1) is 10.2. The molecule has 116 valence electrons. The summed E-state index contributed by atoms with van der Waals surface area (Å²) in [4.78, 5) is 0. The summed E-state index contributed by atoms with van der Waals surface area (Å²) in [7, 11) is 2.05. The van der Waals surface area contributed by atoms with Crippen LogP contribution in [0.4, 0.5) is 0 Å². The van der Waals surface area contributed by atoms with Crippen LogP contribution in [0, 0.1) is 6.92 Å². The Balaban J connectivity index is 1.67. The predicted octanol–water partition coefficient (Wildman–Crippen LogP) is 4.18. The van der Waals surface area contributed by atoms with Gasteiger partial charge in [0.2, 0.25) is 0 Å². The summed E-state index contributed by atoms with van der Waals surface area (Å²) in [5.41, 5.74) is 3.16. The highest BCUT2D eigenvalue weighted by Crippen LogP contribution is 2.45. The van der Waals surface area contributed by atoms with Crippen LogP contribution in [0.15, 0.2) is 24.3 Å². The number of likely N-dealkylation sites (N-methyl/N-ethyl adjacent to an activating group) is 1. The monoisotopic (exact) mass is 287 g/mol. The molecule has 0 amide bonds. The van der Waals surface area contributed by atoms with E-state index < -0.39 is 0 Å². The van der Waals surface area contributed by atoms with Crippen LogP contribution >= 0.6 is 0 Å². The normalized spacial score (nSPS) is 25.5. The number of nitrogens with one attached hydrogen (secondary N) is 1. The molecule has 1 saturated heterocycles. The highest BCUT2D eigenvalue weighted by Gasteiger charge is 2.42. The highest BCUT2D eigenvalue weighted by molar-refractivity contribution is 5.29. The van der Waals surface area contributed by atoms with Gasteiger partial charge in [-0.3, -0.25) is 0 Å². The van der Waals surface area contributed by atoms with Gasteiger partial charge in [0, 0.05) is 6.54 Å². The summed E-state index contributed by atoms with van der Waals surface area (Å²) in [5.74, 6) is 0.567. The van der Waals surface area contributed by atoms with Crippen molar-refractivity contribution in [3.05, 3.63) is 35.4 Å². The summed E-state index contributed by atoms with van der Waals surface area (Å²) in [6.07, 6.45) is 9.49. The van der Waals surface area contributed by atoms with Gasteiger partial charge in [0.15, 0.2) is 0 Å². The third-order valence-corrected chi connectivity index (χ3v) is 5.48. The summed E-state index contributed by atoms with van der Waals surface area (Å²) in [5, 5.41) is 3.37. The van der Waals surface area contributed by atoms with Crippen LogP contribution in [0.5, 0.6) is 0 Å². The molecule has 1 aromatic carbocycles. The molecular formula is C19H29NO. The Kier molecular flexibility index (Phi) is 4.66. The van der Waals surface area contributed by atoms with Gasteiger partial charge in [0.05, 0.1) is 11.7 Å². The largest absolute Gasteiger partial charge is 0.372 e. The first-order valence-corrected chi connectivity index (χ1v) is 8.60. The van der Waals surface area contributed by atoms with Crippen LogP contribution in [0.3, 0.4) is 0 Å². The molecular weight excluding hydrogens is 258 g/mol. The minimum Gasteiger partial charge on any atom is -0.372 e. The average Bonchev–Trinajstić information content (AvgIpc) is 3.10. The zero-order chi connectivity index (χ0) is 14.7. The molecule has 0 radical (unpaired) electrons. The molecule has 1 spiro atoms. The SMILES string of the molecule is CNCC(CC1CCC2(CCCC2)O1)c1ccccc1C. The summed E-state index contributed by atoms with van der Waals surface area (Å²) >= 11 is 0. The predicted molar refractivity (Wildman–Crippen MR) is 87.8 cm³/mol. The standard InChI is InChI=1S/C19H29NO/c1-15-7-3-4-8-18(15)16(14-20-2)13-17-9-12-19(21-17)10-5-6-11-19/h3-4,7-8,16-17,20H,5-6,9-14H2,1-2H3. The molecule has 1 heterocycles. The smallest absolute Gasteiger partial charge is 0.0687 e. The fourth-order valence-electron chi connectivity index (χ4n) is 4.38. The second kappa shape index (κ2) is 6.50. The van der Waals surface area contributed by atoms with Gasteiger partial charge in [-0.2, -0.15) is 0 Å². The van der Waals surface area contributed by atoms with E-state index in [1.807, 2.05) is 0 Å². The number of rotatable bonds is 5. The third kappa shape index (κ3) is 3.32. The maximum Gasteiger partial charge on any atom is 0.0687 e. The highest BCUT2D eigenvalue weighted by atomic mass is 16.5. The minimum absolute atomic E-state index is 0.264. The molecule has 1 saturated carbocycles. The van der Waals surface area contributed by atoms with Crippen molar-refractivity contribution in [2.75, 3.05) is 13.6 Å². The van der Waals surface area contributed by atoms with Gasteiger partial charge < -0.3 is 10.1 Å². The Morgan fingerprint density at radius 1 is 1.24 bits per heavy atom. The van der Waals surface area contributed by atoms with E-state index in [1.165, 1.54) is 49.7 Å². The zero-order valence-corrected chi connectivity index (χ0v) is 13.5. The van der Waals surface area contributed by atoms with Crippen LogP contribution in [0.1, 0.15) is 62.0 Å². The van der Waals surface area contributed by atoms with Crippen LogP contribution < -0.4 is 5.32 Å². The van der Waals surface area contributed by atoms with E-state index in [0.29, 0.717) is 12.0 Å². The zero-order valence-electron chi connectivity index (χ0n) is 13.5. The summed E-state index contributed by atoms with van der Waals surface area (Å²) in [6.45, 7) is 3.27. The van der Waals surface area contributed by atoms with Gasteiger partial charge in [0.25, 0.3) is 0 Å². The fourth-order valence-corrected chi connectivity index (χ4v) is 4.38. The molecule has 2 heteroatoms. The van der Waals surface area contributed by atoms with Crippen molar-refractivity contribution in [1.82, 2.24) is 5.32 Å². The van der Waals surface area contributed by atoms with E-state index in [4.69, 9.17) is 4.74 Å². The molecule has 0 aromatic heterocycles. The Labute approximate surface area is 129 Å². The molecule has 3 rings (SSSR count). The second-order valence-corrected chi connectivity index (χ2v) is 7.02. The molecule has 2 fully saturated rings. The maximum atomic E-state index is 6.52. The van der Waals surface area contributed by atoms with Crippen molar-refractivity contribution in [2.45, 2.75) is 69.5 Å². The van der Waals surface area contributed by atoms with E-state index in [1.54, 1.807) is 0 Å². The molecule has 1 aromatic rings. The van der Waals surface area contributed by atoms with Gasteiger partial charge in [-0.05, 0) is 63.1 Å². The Morgan fingerprint density at radius 2 is 2.00 bits per heavy atom. The first-order valence-electron chi connectivity index (χ1n) is 8.60. The van der Waals surface area contributed by atoms with Gasteiger partial charge in [-0.15, -0.1) is 0 Å². The average molecular weight is 287 g/mol. The number of hydrogen-bond acceptors (Lipinski definition) is 2. The molecule has 21 heavy (non-hydrogen) atoms. The van der Waals surface area contributed by atoms with Crippen LogP contribution in [-0.4, -0.2) is 25.3 Å². The molecule has 2 aliphatic rings. The van der Waals surface area contributed by atoms with Crippen molar-refractivity contribution < 1.29 is 4.74 Å². The number of aryl methyl sites for hydroxylation is 1. The molecule has 2 atom stereocenters. The van der Waals surface area contributed by atoms with E-state index in [9.17, 15) is 0 Å². The lowest BCUT2D eigenvalue weighted by Crippen LogP contribution is -2.27. The summed E-state index contributed by atoms with van der Waals surface area (Å²) < 4.78 is 6.52. The molecule has 0 bridgehead atoms. The quantitative estimate of drug-likeness (QED) is 0.877. The lowest BCUT2D eigenvalue weighted by Gasteiger charge is -2.26. The molecule has 1 aliphatic heterocycles. The maximum absolute atomic E-state index is 6.52. The van der Waals surface area contributed by atoms with E-state index in [0.717, 1.165) is 13.0 Å². The van der Waals surface area contributed by atoms with Crippen molar-refractivity contribution in [1.29, 1.82) is 0 Å². The minimum atomic E-state index is 0.264. The molecule has 2 unspecified atom stereocenters. The lowest BCUT2D eigenvalue weighted by atomic mass is 9.89. The van der Waals surface area contributed by atoms with Crippen molar-refractivity contribution >= 4 is 0 Å². The summed E-state index contributed by atoms with van der Waals surface area (Å²) in [6, 6.07) is 8.82. The van der Waals surface area contributed by atoms with Crippen molar-refractivity contribution in [2.24, 2.45) is 0 Å². The lowest BCUT2D eigenvalue weighted by molar-refractivity contribution is -0.0410. The van der Waals surface area contributed by atoms with Crippen LogP contribution in [-0.2, 0) is 4.74 Å². The van der Waals surface area contributed by atoms with Gasteiger partial charge in [-0.1, -0.05) is 37.1 Å². The van der Waals surface area contributed by atoms with E-state index >= 15 is 0 Å². The van der Waals surface area contributed by atoms with E-state index in [2.05, 4.69) is 43.6 Å². The second-order valence-electron chi connectivity index (χ2n) is 7.02. The molecule has 1 N–H and O–H groups in total. The van der Waals surface area contributed by atoms with Crippen molar-refractivity contribution in [3.63, 3.8) is 0 Å². The number of benzene rings is 1. The van der Waals surface area contributed by atoms with Gasteiger partial charge >= 0.3 is 0 Å². The van der Waals surface area contributed by atoms with Gasteiger partial charge in [-0.25, -0.2) is 0 Å². The van der Waals surface area contributed by atoms with Crippen molar-refractivity contribution in [3.8, 4) is 0 Å². The molecule has 1 aliphatic carbocycles. The van der Waals surface area contributed by atoms with Gasteiger partial charge in [0.1, 0.15) is 0 Å². The van der Waals surface area contributed by atoms with E-state index in [-0.39, 0.29) is 5.60 Å². The van der Waals surface area contributed by atoms with Crippen LogP contribution in [0.25, 0.3) is 0 Å². The topological polar surface area (TPSA) is 21.3 Å². The number of hydrogen-bond donors (Lipinski definition) is 1.